The molecule has 18 heavy (non-hydrogen) atoms. The van der Waals surface area contributed by atoms with Gasteiger partial charge in [-0.1, -0.05) is 0 Å². The number of carbonyl (C=O) groups excluding carboxylic acids is 1. The molecule has 0 spiro atoms. The van der Waals surface area contributed by atoms with E-state index in [1.807, 2.05) is 4.90 Å². The van der Waals surface area contributed by atoms with Crippen LogP contribution in [0.4, 0.5) is 0 Å². The van der Waals surface area contributed by atoms with Gasteiger partial charge >= 0.3 is 5.97 Å². The molecule has 0 aromatic carbocycles. The summed E-state index contributed by atoms with van der Waals surface area (Å²) in [5.41, 5.74) is 0. The molecule has 0 radical (unpaired) electrons. The highest BCUT2D eigenvalue weighted by Crippen LogP contribution is 2.34. The topological polar surface area (TPSA) is 57.6 Å². The van der Waals surface area contributed by atoms with E-state index in [0.29, 0.717) is 24.9 Å². The number of hydrogen-bond donors (Lipinski definition) is 1. The molecular weight excluding hydrogens is 230 g/mol. The lowest BCUT2D eigenvalue weighted by atomic mass is 9.94. The second-order valence-corrected chi connectivity index (χ2v) is 5.92. The van der Waals surface area contributed by atoms with Crippen molar-refractivity contribution >= 4 is 11.9 Å². The Morgan fingerprint density at radius 3 is 2.06 bits per heavy atom. The van der Waals surface area contributed by atoms with Crippen LogP contribution in [0.1, 0.15) is 52.4 Å². The SMILES string of the molecule is CC1CCCC(C)N1C(=O)[C@@H]1CC[C@H](C(=O)O)C1. The van der Waals surface area contributed by atoms with E-state index < -0.39 is 5.97 Å². The van der Waals surface area contributed by atoms with Crippen LogP contribution in [-0.4, -0.2) is 34.0 Å². The molecule has 4 heteroatoms. The molecule has 1 saturated heterocycles. The fourth-order valence-electron chi connectivity index (χ4n) is 3.50. The van der Waals surface area contributed by atoms with Gasteiger partial charge in [-0.15, -0.1) is 0 Å². The van der Waals surface area contributed by atoms with E-state index in [-0.39, 0.29) is 17.7 Å². The lowest BCUT2D eigenvalue weighted by Gasteiger charge is -2.40. The van der Waals surface area contributed by atoms with Crippen LogP contribution in [0.3, 0.4) is 0 Å². The minimum atomic E-state index is -0.745. The maximum Gasteiger partial charge on any atom is 0.306 e. The first kappa shape index (κ1) is 13.4. The number of rotatable bonds is 2. The normalized spacial score (nSPS) is 36.7. The highest BCUT2D eigenvalue weighted by Gasteiger charge is 2.39. The van der Waals surface area contributed by atoms with Crippen molar-refractivity contribution < 1.29 is 14.7 Å². The molecule has 1 amide bonds. The molecule has 1 aliphatic carbocycles. The number of hydrogen-bond acceptors (Lipinski definition) is 2. The summed E-state index contributed by atoms with van der Waals surface area (Å²) in [7, 11) is 0. The summed E-state index contributed by atoms with van der Waals surface area (Å²) in [6, 6.07) is 0.621. The Kier molecular flexibility index (Phi) is 3.93. The third-order valence-corrected chi connectivity index (χ3v) is 4.58. The predicted molar refractivity (Wildman–Crippen MR) is 68.1 cm³/mol. The fourth-order valence-corrected chi connectivity index (χ4v) is 3.50. The molecule has 2 unspecified atom stereocenters. The Bertz CT molecular complexity index is 332. The molecule has 1 heterocycles. The smallest absolute Gasteiger partial charge is 0.306 e. The number of aliphatic carboxylic acids is 1. The number of carbonyl (C=O) groups is 2. The van der Waals surface area contributed by atoms with Crippen LogP contribution < -0.4 is 0 Å². The molecule has 0 aromatic heterocycles. The van der Waals surface area contributed by atoms with Gasteiger partial charge in [-0.05, 0) is 52.4 Å². The van der Waals surface area contributed by atoms with Crippen LogP contribution in [0.5, 0.6) is 0 Å². The van der Waals surface area contributed by atoms with E-state index in [2.05, 4.69) is 13.8 Å². The summed E-state index contributed by atoms with van der Waals surface area (Å²) in [6.45, 7) is 4.22. The Morgan fingerprint density at radius 2 is 1.56 bits per heavy atom. The number of amides is 1. The molecule has 102 valence electrons. The van der Waals surface area contributed by atoms with E-state index in [1.165, 1.54) is 6.42 Å². The standard InChI is InChI=1S/C14H23NO3/c1-9-4-3-5-10(2)15(9)13(16)11-6-7-12(8-11)14(17)18/h9-12H,3-8H2,1-2H3,(H,17,18)/t9?,10?,11-,12+/m1/s1. The second-order valence-electron chi connectivity index (χ2n) is 5.92. The fraction of sp³-hybridized carbons (Fsp3) is 0.857. The minimum Gasteiger partial charge on any atom is -0.481 e. The van der Waals surface area contributed by atoms with Crippen molar-refractivity contribution in [3.63, 3.8) is 0 Å². The van der Waals surface area contributed by atoms with Crippen LogP contribution in [-0.2, 0) is 9.59 Å². The third kappa shape index (κ3) is 2.52. The van der Waals surface area contributed by atoms with E-state index in [0.717, 1.165) is 19.3 Å². The molecule has 2 rings (SSSR count). The second kappa shape index (κ2) is 5.29. The molecule has 0 aromatic rings. The zero-order valence-corrected chi connectivity index (χ0v) is 11.3. The van der Waals surface area contributed by atoms with E-state index >= 15 is 0 Å². The largest absolute Gasteiger partial charge is 0.481 e. The number of carboxylic acid groups (broad SMARTS) is 1. The number of likely N-dealkylation sites (tertiary alicyclic amines) is 1. The summed E-state index contributed by atoms with van der Waals surface area (Å²) in [5, 5.41) is 9.00. The van der Waals surface area contributed by atoms with Crippen LogP contribution in [0.2, 0.25) is 0 Å². The first-order valence-corrected chi connectivity index (χ1v) is 7.05. The van der Waals surface area contributed by atoms with Crippen molar-refractivity contribution in [2.75, 3.05) is 0 Å². The third-order valence-electron chi connectivity index (χ3n) is 4.58. The van der Waals surface area contributed by atoms with Crippen LogP contribution in [0.25, 0.3) is 0 Å². The van der Waals surface area contributed by atoms with Crippen molar-refractivity contribution in [1.82, 2.24) is 4.90 Å². The van der Waals surface area contributed by atoms with Crippen molar-refractivity contribution in [2.24, 2.45) is 11.8 Å². The van der Waals surface area contributed by atoms with Gasteiger partial charge < -0.3 is 10.0 Å². The van der Waals surface area contributed by atoms with Crippen LogP contribution in [0, 0.1) is 11.8 Å². The molecule has 2 fully saturated rings. The number of nitrogens with zero attached hydrogens (tertiary/aromatic N) is 1. The summed E-state index contributed by atoms with van der Waals surface area (Å²) >= 11 is 0. The van der Waals surface area contributed by atoms with Gasteiger partial charge in [0.2, 0.25) is 5.91 Å². The van der Waals surface area contributed by atoms with Crippen molar-refractivity contribution in [3.05, 3.63) is 0 Å². The van der Waals surface area contributed by atoms with Gasteiger partial charge in [-0.2, -0.15) is 0 Å². The zero-order valence-electron chi connectivity index (χ0n) is 11.3. The van der Waals surface area contributed by atoms with E-state index in [9.17, 15) is 9.59 Å². The summed E-state index contributed by atoms with van der Waals surface area (Å²) in [5.74, 6) is -0.924. The van der Waals surface area contributed by atoms with E-state index in [4.69, 9.17) is 5.11 Å². The van der Waals surface area contributed by atoms with Crippen LogP contribution in [0.15, 0.2) is 0 Å². The molecule has 4 atom stereocenters. The lowest BCUT2D eigenvalue weighted by Crippen LogP contribution is -2.49. The van der Waals surface area contributed by atoms with Crippen LogP contribution >= 0.6 is 0 Å². The molecule has 1 N–H and O–H groups in total. The van der Waals surface area contributed by atoms with Gasteiger partial charge in [-0.3, -0.25) is 9.59 Å². The van der Waals surface area contributed by atoms with Gasteiger partial charge in [0.15, 0.2) is 0 Å². The Labute approximate surface area is 108 Å². The first-order chi connectivity index (χ1) is 8.50. The van der Waals surface area contributed by atoms with Crippen molar-refractivity contribution in [1.29, 1.82) is 0 Å². The molecular formula is C14H23NO3. The van der Waals surface area contributed by atoms with Gasteiger partial charge in [0.1, 0.15) is 0 Å². The van der Waals surface area contributed by atoms with Crippen molar-refractivity contribution in [3.8, 4) is 0 Å². The molecule has 1 saturated carbocycles. The molecule has 4 nitrogen and oxygen atoms in total. The summed E-state index contributed by atoms with van der Waals surface area (Å²) < 4.78 is 0. The highest BCUT2D eigenvalue weighted by molar-refractivity contribution is 5.81. The Hall–Kier alpha value is -1.06. The monoisotopic (exact) mass is 253 g/mol. The van der Waals surface area contributed by atoms with Crippen molar-refractivity contribution in [2.45, 2.75) is 64.5 Å². The van der Waals surface area contributed by atoms with Gasteiger partial charge in [0.25, 0.3) is 0 Å². The highest BCUT2D eigenvalue weighted by atomic mass is 16.4. The average Bonchev–Trinajstić information content (AvgIpc) is 2.77. The first-order valence-electron chi connectivity index (χ1n) is 7.05. The minimum absolute atomic E-state index is 0.0610. The average molecular weight is 253 g/mol. The van der Waals surface area contributed by atoms with Gasteiger partial charge in [0, 0.05) is 18.0 Å². The zero-order chi connectivity index (χ0) is 13.3. The Balaban J connectivity index is 2.01. The quantitative estimate of drug-likeness (QED) is 0.821. The number of piperidine rings is 1. The molecule has 2 aliphatic rings. The maximum atomic E-state index is 12.5. The predicted octanol–water partition coefficient (Wildman–Crippen LogP) is 2.28. The summed E-state index contributed by atoms with van der Waals surface area (Å²) in [6.07, 6.45) is 5.27. The van der Waals surface area contributed by atoms with Gasteiger partial charge in [0.05, 0.1) is 5.92 Å². The Morgan fingerprint density at radius 1 is 1.00 bits per heavy atom. The molecule has 0 bridgehead atoms. The number of carboxylic acids is 1. The summed E-state index contributed by atoms with van der Waals surface area (Å²) in [4.78, 5) is 25.5. The van der Waals surface area contributed by atoms with Gasteiger partial charge in [-0.25, -0.2) is 0 Å². The maximum absolute atomic E-state index is 12.5. The molecule has 1 aliphatic heterocycles. The van der Waals surface area contributed by atoms with E-state index in [1.54, 1.807) is 0 Å². The lowest BCUT2D eigenvalue weighted by molar-refractivity contribution is -0.143.